The van der Waals surface area contributed by atoms with Crippen LogP contribution < -0.4 is 14.4 Å². The van der Waals surface area contributed by atoms with Crippen LogP contribution in [0.15, 0.2) is 42.5 Å². The van der Waals surface area contributed by atoms with Crippen LogP contribution in [-0.4, -0.2) is 52.4 Å². The van der Waals surface area contributed by atoms with Gasteiger partial charge >= 0.3 is 10.2 Å². The van der Waals surface area contributed by atoms with Crippen molar-refractivity contribution in [3.63, 3.8) is 0 Å². The van der Waals surface area contributed by atoms with Crippen LogP contribution in [0.1, 0.15) is 30.0 Å². The first-order valence-corrected chi connectivity index (χ1v) is 11.8. The van der Waals surface area contributed by atoms with Crippen molar-refractivity contribution in [2.24, 2.45) is 0 Å². The standard InChI is InChI=1S/C23H33N3O4S/c1-6-30-22-12-8-7-10-20(22)11-9-15-24-23(27)17-26(31(28,29)25(4)5)21-16-18(2)13-14-19(21)3/h7-8,10,12-14,16H,6,9,11,15,17H2,1-5H3,(H,24,27). The number of aryl methyl sites for hydroxylation is 3. The molecule has 0 aliphatic heterocycles. The molecule has 1 N–H and O–H groups in total. The predicted molar refractivity (Wildman–Crippen MR) is 125 cm³/mol. The third-order valence-electron chi connectivity index (χ3n) is 4.88. The SMILES string of the molecule is CCOc1ccccc1CCCNC(=O)CN(c1cc(C)ccc1C)S(=O)(=O)N(C)C. The maximum absolute atomic E-state index is 12.9. The van der Waals surface area contributed by atoms with Crippen molar-refractivity contribution in [1.29, 1.82) is 0 Å². The van der Waals surface area contributed by atoms with Gasteiger partial charge in [0, 0.05) is 20.6 Å². The molecule has 0 heterocycles. The molecule has 0 aliphatic carbocycles. The van der Waals surface area contributed by atoms with Crippen molar-refractivity contribution in [3.8, 4) is 5.75 Å². The number of hydrogen-bond donors (Lipinski definition) is 1. The van der Waals surface area contributed by atoms with E-state index in [9.17, 15) is 13.2 Å². The van der Waals surface area contributed by atoms with E-state index in [4.69, 9.17) is 4.74 Å². The van der Waals surface area contributed by atoms with Crippen LogP contribution in [0, 0.1) is 13.8 Å². The van der Waals surface area contributed by atoms with Gasteiger partial charge in [-0.05, 0) is 62.4 Å². The van der Waals surface area contributed by atoms with Crippen LogP contribution in [0.5, 0.6) is 5.75 Å². The van der Waals surface area contributed by atoms with Crippen LogP contribution >= 0.6 is 0 Å². The number of ether oxygens (including phenoxy) is 1. The highest BCUT2D eigenvalue weighted by Gasteiger charge is 2.28. The molecule has 0 atom stereocenters. The number of carbonyl (C=O) groups is 1. The fourth-order valence-electron chi connectivity index (χ4n) is 3.18. The van der Waals surface area contributed by atoms with Crippen LogP contribution in [0.3, 0.4) is 0 Å². The lowest BCUT2D eigenvalue weighted by atomic mass is 10.1. The Morgan fingerprint density at radius 2 is 1.81 bits per heavy atom. The monoisotopic (exact) mass is 447 g/mol. The van der Waals surface area contributed by atoms with Gasteiger partial charge in [0.05, 0.1) is 12.3 Å². The molecule has 0 aliphatic rings. The lowest BCUT2D eigenvalue weighted by molar-refractivity contribution is -0.119. The summed E-state index contributed by atoms with van der Waals surface area (Å²) in [6.45, 7) is 6.44. The highest BCUT2D eigenvalue weighted by Crippen LogP contribution is 2.25. The normalized spacial score (nSPS) is 11.4. The van der Waals surface area contributed by atoms with Crippen LogP contribution in [0.25, 0.3) is 0 Å². The van der Waals surface area contributed by atoms with Gasteiger partial charge in [0.25, 0.3) is 0 Å². The Kier molecular flexibility index (Phi) is 8.88. The minimum absolute atomic E-state index is 0.277. The minimum atomic E-state index is -3.82. The number of hydrogen-bond acceptors (Lipinski definition) is 4. The number of nitrogens with one attached hydrogen (secondary N) is 1. The number of anilines is 1. The highest BCUT2D eigenvalue weighted by molar-refractivity contribution is 7.90. The molecule has 0 saturated heterocycles. The van der Waals surface area contributed by atoms with Crippen molar-refractivity contribution in [2.45, 2.75) is 33.6 Å². The zero-order chi connectivity index (χ0) is 23.0. The summed E-state index contributed by atoms with van der Waals surface area (Å²) < 4.78 is 33.7. The number of rotatable bonds is 11. The van der Waals surface area contributed by atoms with Gasteiger partial charge in [-0.15, -0.1) is 0 Å². The number of benzene rings is 2. The maximum atomic E-state index is 12.9. The van der Waals surface area contributed by atoms with Gasteiger partial charge in [-0.2, -0.15) is 12.7 Å². The largest absolute Gasteiger partial charge is 0.494 e. The van der Waals surface area contributed by atoms with Gasteiger partial charge in [-0.25, -0.2) is 4.31 Å². The second-order valence-corrected chi connectivity index (χ2v) is 9.65. The number of nitrogens with zero attached hydrogens (tertiary/aromatic N) is 2. The number of carbonyl (C=O) groups excluding carboxylic acids is 1. The molecular formula is C23H33N3O4S. The molecule has 0 bridgehead atoms. The Hall–Kier alpha value is -2.58. The summed E-state index contributed by atoms with van der Waals surface area (Å²) in [6.07, 6.45) is 1.48. The van der Waals surface area contributed by atoms with E-state index in [-0.39, 0.29) is 12.5 Å². The van der Waals surface area contributed by atoms with Gasteiger partial charge in [-0.3, -0.25) is 4.79 Å². The molecule has 0 saturated carbocycles. The van der Waals surface area contributed by atoms with Crippen LogP contribution in [0.2, 0.25) is 0 Å². The van der Waals surface area contributed by atoms with E-state index >= 15 is 0 Å². The van der Waals surface area contributed by atoms with Crippen molar-refractivity contribution in [2.75, 3.05) is 38.1 Å². The zero-order valence-corrected chi connectivity index (χ0v) is 19.8. The molecule has 0 fully saturated rings. The average Bonchev–Trinajstić information content (AvgIpc) is 2.72. The zero-order valence-electron chi connectivity index (χ0n) is 19.0. The number of amides is 1. The van der Waals surface area contributed by atoms with Crippen molar-refractivity contribution < 1.29 is 17.9 Å². The van der Waals surface area contributed by atoms with Crippen molar-refractivity contribution in [3.05, 3.63) is 59.2 Å². The summed E-state index contributed by atoms with van der Waals surface area (Å²) in [7, 11) is -0.904. The minimum Gasteiger partial charge on any atom is -0.494 e. The first-order chi connectivity index (χ1) is 14.7. The van der Waals surface area contributed by atoms with E-state index in [0.717, 1.165) is 43.9 Å². The van der Waals surface area contributed by atoms with E-state index in [1.807, 2.05) is 57.2 Å². The Morgan fingerprint density at radius 1 is 1.10 bits per heavy atom. The second kappa shape index (κ2) is 11.2. The molecule has 0 aromatic heterocycles. The summed E-state index contributed by atoms with van der Waals surface area (Å²) in [5.41, 5.74) is 3.31. The topological polar surface area (TPSA) is 79.0 Å². The number of para-hydroxylation sites is 1. The molecule has 1 amide bonds. The van der Waals surface area contributed by atoms with Gasteiger partial charge in [-0.1, -0.05) is 30.3 Å². The lowest BCUT2D eigenvalue weighted by Crippen LogP contribution is -2.46. The first-order valence-electron chi connectivity index (χ1n) is 10.4. The van der Waals surface area contributed by atoms with Crippen LogP contribution in [0.4, 0.5) is 5.69 Å². The molecule has 170 valence electrons. The van der Waals surface area contributed by atoms with Gasteiger partial charge < -0.3 is 10.1 Å². The summed E-state index contributed by atoms with van der Waals surface area (Å²) in [5.74, 6) is 0.513. The quantitative estimate of drug-likeness (QED) is 0.537. The smallest absolute Gasteiger partial charge is 0.304 e. The molecule has 8 heteroatoms. The summed E-state index contributed by atoms with van der Waals surface area (Å²) >= 11 is 0. The molecular weight excluding hydrogens is 414 g/mol. The molecule has 7 nitrogen and oxygen atoms in total. The fourth-order valence-corrected chi connectivity index (χ4v) is 4.30. The van der Waals surface area contributed by atoms with Gasteiger partial charge in [0.2, 0.25) is 5.91 Å². The van der Waals surface area contributed by atoms with Crippen molar-refractivity contribution in [1.82, 2.24) is 9.62 Å². The fraction of sp³-hybridized carbons (Fsp3) is 0.435. The Balaban J connectivity index is 2.04. The summed E-state index contributed by atoms with van der Waals surface area (Å²) in [4.78, 5) is 12.6. The van der Waals surface area contributed by atoms with E-state index in [1.54, 1.807) is 6.07 Å². The molecule has 0 radical (unpaired) electrons. The summed E-state index contributed by atoms with van der Waals surface area (Å²) in [5, 5.41) is 2.85. The van der Waals surface area contributed by atoms with Crippen molar-refractivity contribution >= 4 is 21.8 Å². The third kappa shape index (κ3) is 6.70. The molecule has 2 aromatic carbocycles. The second-order valence-electron chi connectivity index (χ2n) is 7.58. The third-order valence-corrected chi connectivity index (χ3v) is 6.68. The van der Waals surface area contributed by atoms with E-state index in [1.165, 1.54) is 14.1 Å². The van der Waals surface area contributed by atoms with Gasteiger partial charge in [0.1, 0.15) is 12.3 Å². The molecule has 2 rings (SSSR count). The first kappa shape index (κ1) is 24.7. The van der Waals surface area contributed by atoms with E-state index < -0.39 is 10.2 Å². The average molecular weight is 448 g/mol. The Morgan fingerprint density at radius 3 is 2.48 bits per heavy atom. The van der Waals surface area contributed by atoms with Crippen LogP contribution in [-0.2, 0) is 21.4 Å². The van der Waals surface area contributed by atoms with Gasteiger partial charge in [0.15, 0.2) is 0 Å². The molecule has 31 heavy (non-hydrogen) atoms. The molecule has 0 unspecified atom stereocenters. The molecule has 0 spiro atoms. The highest BCUT2D eigenvalue weighted by atomic mass is 32.2. The van der Waals surface area contributed by atoms with E-state index in [2.05, 4.69) is 5.32 Å². The Labute approximate surface area is 186 Å². The lowest BCUT2D eigenvalue weighted by Gasteiger charge is -2.28. The predicted octanol–water partition coefficient (Wildman–Crippen LogP) is 3.06. The maximum Gasteiger partial charge on any atom is 0.304 e. The Bertz CT molecular complexity index is 990. The van der Waals surface area contributed by atoms with E-state index in [0.29, 0.717) is 18.8 Å². The molecule has 2 aromatic rings. The summed E-state index contributed by atoms with van der Waals surface area (Å²) in [6, 6.07) is 13.4.